The Morgan fingerprint density at radius 2 is 1.94 bits per heavy atom. The van der Waals surface area contributed by atoms with Crippen LogP contribution in [0.1, 0.15) is 114 Å². The van der Waals surface area contributed by atoms with Crippen molar-refractivity contribution in [3.05, 3.63) is 69.8 Å². The van der Waals surface area contributed by atoms with Crippen molar-refractivity contribution in [2.24, 2.45) is 11.0 Å². The fraction of sp³-hybridized carbons (Fsp3) is 0.552. The fourth-order valence-electron chi connectivity index (χ4n) is 3.60. The predicted molar refractivity (Wildman–Crippen MR) is 135 cm³/mol. The Bertz CT molecular complexity index is 1650. The maximum absolute atomic E-state index is 14.5. The lowest BCUT2D eigenvalue weighted by atomic mass is 9.78. The highest BCUT2D eigenvalue weighted by molar-refractivity contribution is 5.98. The molecule has 1 saturated heterocycles. The highest BCUT2D eigenvalue weighted by Gasteiger charge is 2.36. The van der Waals surface area contributed by atoms with Crippen molar-refractivity contribution in [2.45, 2.75) is 84.2 Å². The van der Waals surface area contributed by atoms with E-state index in [2.05, 4.69) is 5.16 Å². The van der Waals surface area contributed by atoms with Crippen LogP contribution in [0.2, 0.25) is 0 Å². The van der Waals surface area contributed by atoms with Gasteiger partial charge in [0.05, 0.1) is 11.3 Å². The smallest absolute Gasteiger partial charge is 0.391 e. The molecule has 2 aromatic rings. The van der Waals surface area contributed by atoms with Crippen LogP contribution in [-0.4, -0.2) is 23.7 Å². The van der Waals surface area contributed by atoms with E-state index in [1.165, 1.54) is 24.0 Å². The average molecular weight is 503 g/mol. The van der Waals surface area contributed by atoms with Crippen LogP contribution in [0, 0.1) is 5.89 Å². The molecule has 1 heterocycles. The second-order valence-corrected chi connectivity index (χ2v) is 8.30. The van der Waals surface area contributed by atoms with Crippen LogP contribution in [0.25, 0.3) is 0 Å². The van der Waals surface area contributed by atoms with E-state index in [0.29, 0.717) is 38.6 Å². The van der Waals surface area contributed by atoms with Crippen LogP contribution in [0.3, 0.4) is 0 Å². The highest BCUT2D eigenvalue weighted by atomic mass is 19.4. The zero-order chi connectivity index (χ0) is 39.2. The number of hydrogen-bond acceptors (Lipinski definition) is 3. The molecule has 1 aliphatic heterocycles. The largest absolute Gasteiger partial charge is 0.416 e. The molecule has 190 valence electrons. The third-order valence-electron chi connectivity index (χ3n) is 5.68. The molecule has 0 aromatic heterocycles. The van der Waals surface area contributed by atoms with Crippen LogP contribution >= 0.6 is 0 Å². The first kappa shape index (κ1) is 12.3. The number of aryl methyl sites for hydroxylation is 1. The molecule has 0 amide bonds. The zero-order valence-electron chi connectivity index (χ0n) is 35.3. The first-order valence-electron chi connectivity index (χ1n) is 19.1. The van der Waals surface area contributed by atoms with E-state index in [1.54, 1.807) is 0 Å². The van der Waals surface area contributed by atoms with Gasteiger partial charge in [-0.3, -0.25) is 4.90 Å². The Hall–Kier alpha value is -2.34. The molecule has 6 heteroatoms. The SMILES string of the molecule is [2H]C([2H])(c1ccc(/C(C)=N/OCc2ccc(C3C([2H])([2H])C([2H])([2H])C([2H])(C)C([2H])([2H])C3([2H])[2H])c(C(F)(F)F)c2)cc1C([2H])([2H])C([2H])([2H])[2H])N1CCC1. The normalized spacial score (nSPS) is 37.4. The van der Waals surface area contributed by atoms with Gasteiger partial charge in [0.1, 0.15) is 6.61 Å². The number of nitrogens with zero attached hydrogens (tertiary/aromatic N) is 2. The monoisotopic (exact) mass is 502 g/mol. The lowest BCUT2D eigenvalue weighted by molar-refractivity contribution is -0.138. The van der Waals surface area contributed by atoms with E-state index in [-0.39, 0.29) is 22.4 Å². The summed E-state index contributed by atoms with van der Waals surface area (Å²) in [4.78, 5) is 6.69. The van der Waals surface area contributed by atoms with Crippen LogP contribution < -0.4 is 0 Å². The number of halogens is 3. The van der Waals surface area contributed by atoms with Gasteiger partial charge in [-0.1, -0.05) is 55.9 Å². The Labute approximate surface area is 229 Å². The van der Waals surface area contributed by atoms with Crippen LogP contribution in [0.5, 0.6) is 0 Å². The Morgan fingerprint density at radius 1 is 1.17 bits per heavy atom. The minimum atomic E-state index is -5.25. The number of likely N-dealkylation sites (tertiary alicyclic amines) is 1. The third-order valence-corrected chi connectivity index (χ3v) is 5.68. The molecule has 2 fully saturated rings. The van der Waals surface area contributed by atoms with E-state index < -0.39 is 86.5 Å². The molecule has 1 saturated carbocycles. The molecular weight excluding hydrogens is 449 g/mol. The zero-order valence-corrected chi connectivity index (χ0v) is 19.3. The summed E-state index contributed by atoms with van der Waals surface area (Å²) < 4.78 is 176. The second-order valence-electron chi connectivity index (χ2n) is 8.30. The molecule has 4 rings (SSSR count). The summed E-state index contributed by atoms with van der Waals surface area (Å²) >= 11 is 0. The van der Waals surface area contributed by atoms with Gasteiger partial charge >= 0.3 is 6.18 Å². The Balaban J connectivity index is 1.70. The van der Waals surface area contributed by atoms with Crippen LogP contribution in [0.4, 0.5) is 13.2 Å². The van der Waals surface area contributed by atoms with Crippen molar-refractivity contribution < 1.29 is 39.9 Å². The maximum Gasteiger partial charge on any atom is 0.416 e. The topological polar surface area (TPSA) is 24.8 Å². The van der Waals surface area contributed by atoms with Gasteiger partial charge in [-0.2, -0.15) is 13.2 Å². The minimum absolute atomic E-state index is 0.0211. The molecule has 0 atom stereocenters. The van der Waals surface area contributed by atoms with Gasteiger partial charge in [-0.15, -0.1) is 0 Å². The van der Waals surface area contributed by atoms with Gasteiger partial charge < -0.3 is 4.84 Å². The van der Waals surface area contributed by atoms with Crippen molar-refractivity contribution >= 4 is 5.71 Å². The summed E-state index contributed by atoms with van der Waals surface area (Å²) in [6, 6.07) is 6.00. The van der Waals surface area contributed by atoms with Crippen molar-refractivity contribution in [3.63, 3.8) is 0 Å². The van der Waals surface area contributed by atoms with Gasteiger partial charge in [0.2, 0.25) is 0 Å². The van der Waals surface area contributed by atoms with Crippen LogP contribution in [-0.2, 0) is 30.5 Å². The summed E-state index contributed by atoms with van der Waals surface area (Å²) in [5, 5.41) is 3.86. The molecule has 0 N–H and O–H groups in total. The lowest BCUT2D eigenvalue weighted by Gasteiger charge is -2.31. The van der Waals surface area contributed by atoms with E-state index >= 15 is 0 Å². The first-order valence-corrected chi connectivity index (χ1v) is 11.1. The van der Waals surface area contributed by atoms with Crippen molar-refractivity contribution in [3.8, 4) is 0 Å². The van der Waals surface area contributed by atoms with Gasteiger partial charge in [0.15, 0.2) is 0 Å². The van der Waals surface area contributed by atoms with E-state index in [9.17, 15) is 13.2 Å². The van der Waals surface area contributed by atoms with Crippen molar-refractivity contribution in [2.75, 3.05) is 13.1 Å². The van der Waals surface area contributed by atoms with Gasteiger partial charge in [-0.05, 0) is 97.3 Å². The Kier molecular flexibility index (Phi) is 3.91. The lowest BCUT2D eigenvalue weighted by Crippen LogP contribution is -2.36. The summed E-state index contributed by atoms with van der Waals surface area (Å²) in [6.45, 7) is -3.21. The molecular formula is C29H37F3N2O. The highest BCUT2D eigenvalue weighted by Crippen LogP contribution is 2.42. The van der Waals surface area contributed by atoms with Gasteiger partial charge in [0, 0.05) is 28.4 Å². The van der Waals surface area contributed by atoms with E-state index in [1.807, 2.05) is 0 Å². The third kappa shape index (κ3) is 6.46. The molecule has 0 spiro atoms. The molecule has 0 unspecified atom stereocenters. The average Bonchev–Trinajstić information content (AvgIpc) is 2.94. The van der Waals surface area contributed by atoms with E-state index in [4.69, 9.17) is 26.8 Å². The molecule has 0 bridgehead atoms. The van der Waals surface area contributed by atoms with Gasteiger partial charge in [0.25, 0.3) is 0 Å². The number of hydrogen-bond donors (Lipinski definition) is 0. The number of oxime groups is 1. The van der Waals surface area contributed by atoms with Crippen molar-refractivity contribution in [1.29, 1.82) is 0 Å². The van der Waals surface area contributed by atoms with Crippen LogP contribution in [0.15, 0.2) is 41.6 Å². The minimum Gasteiger partial charge on any atom is -0.391 e. The molecule has 0 radical (unpaired) electrons. The second kappa shape index (κ2) is 11.2. The Morgan fingerprint density at radius 3 is 2.60 bits per heavy atom. The standard InChI is InChI=1S/C29H37F3N2O/c1-4-23-17-25(11-12-26(23)18-34-14-5-15-34)21(3)33-35-19-22-8-13-27(28(16-22)29(30,31)32)24-9-6-20(2)7-10-24/h8,11-13,16-17,20,24H,4-7,9-10,14-15,18-19H2,1-3H3/b33-21+/i1D3,4D2,6D2,7D2,9D2,10D2,18D2,20D. The molecule has 2 aromatic carbocycles. The molecule has 1 aliphatic carbocycles. The summed E-state index contributed by atoms with van der Waals surface area (Å²) in [5.74, 6) is -5.68. The fourth-order valence-corrected chi connectivity index (χ4v) is 3.60. The van der Waals surface area contributed by atoms with E-state index in [0.717, 1.165) is 12.1 Å². The molecule has 2 aliphatic rings. The number of rotatable bonds is 8. The van der Waals surface area contributed by atoms with Crippen molar-refractivity contribution in [1.82, 2.24) is 4.90 Å². The molecule has 35 heavy (non-hydrogen) atoms. The molecule has 3 nitrogen and oxygen atoms in total. The number of alkyl halides is 3. The maximum atomic E-state index is 14.5. The van der Waals surface area contributed by atoms with Gasteiger partial charge in [-0.25, -0.2) is 0 Å². The summed E-state index contributed by atoms with van der Waals surface area (Å²) in [6.07, 6.45) is -21.4. The first-order chi connectivity index (χ1) is 22.8. The quantitative estimate of drug-likeness (QED) is 0.273. The number of benzene rings is 2. The summed E-state index contributed by atoms with van der Waals surface area (Å²) in [7, 11) is 0. The summed E-state index contributed by atoms with van der Waals surface area (Å²) in [5.41, 5.74) is -3.33. The predicted octanol–water partition coefficient (Wildman–Crippen LogP) is 7.71.